The van der Waals surface area contributed by atoms with Gasteiger partial charge in [-0.25, -0.2) is 0 Å². The quantitative estimate of drug-likeness (QED) is 0.266. The van der Waals surface area contributed by atoms with Crippen LogP contribution < -0.4 is 10.6 Å². The molecule has 0 saturated heterocycles. The number of aliphatic imine (C=N–C) groups is 1. The van der Waals surface area contributed by atoms with Crippen LogP contribution in [-0.2, 0) is 9.53 Å². The number of esters is 1. The average Bonchev–Trinajstić information content (AvgIpc) is 2.46. The molecule has 1 unspecified atom stereocenters. The molecule has 5 nitrogen and oxygen atoms in total. The van der Waals surface area contributed by atoms with Crippen LogP contribution in [0.3, 0.4) is 0 Å². The average molecular weight is 313 g/mol. The number of nitrogens with zero attached hydrogens (tertiary/aromatic N) is 1. The number of hydrogen-bond donors (Lipinski definition) is 2. The molecule has 5 heteroatoms. The SMILES string of the molecule is CCNC(=NCCCCC(=O)OC)NC(C)CCCC(C)C. The summed E-state index contributed by atoms with van der Waals surface area (Å²) in [5, 5.41) is 6.72. The molecule has 0 rings (SSSR count). The van der Waals surface area contributed by atoms with Crippen molar-refractivity contribution < 1.29 is 9.53 Å². The Morgan fingerprint density at radius 1 is 1.14 bits per heavy atom. The molecule has 0 fully saturated rings. The zero-order chi connectivity index (χ0) is 16.8. The number of nitrogens with one attached hydrogen (secondary N) is 2. The second-order valence-corrected chi connectivity index (χ2v) is 6.16. The highest BCUT2D eigenvalue weighted by atomic mass is 16.5. The van der Waals surface area contributed by atoms with Crippen LogP contribution in [0.2, 0.25) is 0 Å². The molecule has 0 aromatic carbocycles. The summed E-state index contributed by atoms with van der Waals surface area (Å²) in [5.41, 5.74) is 0. The molecule has 0 heterocycles. The molecule has 1 atom stereocenters. The number of unbranched alkanes of at least 4 members (excludes halogenated alkanes) is 1. The van der Waals surface area contributed by atoms with Gasteiger partial charge in [-0.05, 0) is 39.0 Å². The first-order valence-electron chi connectivity index (χ1n) is 8.61. The number of hydrogen-bond acceptors (Lipinski definition) is 3. The summed E-state index contributed by atoms with van der Waals surface area (Å²) in [4.78, 5) is 15.6. The molecule has 0 saturated carbocycles. The van der Waals surface area contributed by atoms with Crippen LogP contribution in [0.25, 0.3) is 0 Å². The Hall–Kier alpha value is -1.26. The molecule has 0 amide bonds. The van der Waals surface area contributed by atoms with Gasteiger partial charge in [-0.15, -0.1) is 0 Å². The van der Waals surface area contributed by atoms with E-state index in [1.165, 1.54) is 20.0 Å². The second kappa shape index (κ2) is 13.4. The molecule has 0 bridgehead atoms. The second-order valence-electron chi connectivity index (χ2n) is 6.16. The number of carbonyl (C=O) groups excluding carboxylic acids is 1. The largest absolute Gasteiger partial charge is 0.469 e. The zero-order valence-corrected chi connectivity index (χ0v) is 15.1. The van der Waals surface area contributed by atoms with E-state index in [1.807, 2.05) is 0 Å². The maximum atomic E-state index is 11.0. The normalized spacial score (nSPS) is 13.1. The molecule has 0 radical (unpaired) electrons. The van der Waals surface area contributed by atoms with Gasteiger partial charge in [-0.1, -0.05) is 26.7 Å². The maximum Gasteiger partial charge on any atom is 0.305 e. The summed E-state index contributed by atoms with van der Waals surface area (Å²) in [5.74, 6) is 1.49. The summed E-state index contributed by atoms with van der Waals surface area (Å²) in [7, 11) is 1.42. The van der Waals surface area contributed by atoms with Gasteiger partial charge in [-0.2, -0.15) is 0 Å². The van der Waals surface area contributed by atoms with Gasteiger partial charge in [0.1, 0.15) is 0 Å². The van der Waals surface area contributed by atoms with E-state index in [4.69, 9.17) is 0 Å². The Morgan fingerprint density at radius 2 is 1.86 bits per heavy atom. The Kier molecular flexibility index (Phi) is 12.6. The van der Waals surface area contributed by atoms with Crippen molar-refractivity contribution in [1.82, 2.24) is 10.6 Å². The lowest BCUT2D eigenvalue weighted by Gasteiger charge is -2.18. The molecule has 2 N–H and O–H groups in total. The number of carbonyl (C=O) groups is 1. The van der Waals surface area contributed by atoms with Crippen molar-refractivity contribution in [3.63, 3.8) is 0 Å². The number of rotatable bonds is 11. The summed E-state index contributed by atoms with van der Waals surface area (Å²) < 4.78 is 4.62. The van der Waals surface area contributed by atoms with Crippen LogP contribution in [0.15, 0.2) is 4.99 Å². The molecule has 0 spiro atoms. The minimum atomic E-state index is -0.146. The van der Waals surface area contributed by atoms with Gasteiger partial charge < -0.3 is 15.4 Å². The minimum Gasteiger partial charge on any atom is -0.469 e. The minimum absolute atomic E-state index is 0.146. The lowest BCUT2D eigenvalue weighted by molar-refractivity contribution is -0.140. The van der Waals surface area contributed by atoms with Gasteiger partial charge in [0.25, 0.3) is 0 Å². The number of guanidine groups is 1. The lowest BCUT2D eigenvalue weighted by atomic mass is 10.0. The van der Waals surface area contributed by atoms with Crippen LogP contribution >= 0.6 is 0 Å². The monoisotopic (exact) mass is 313 g/mol. The topological polar surface area (TPSA) is 62.7 Å². The van der Waals surface area contributed by atoms with E-state index in [2.05, 4.69) is 48.1 Å². The predicted molar refractivity (Wildman–Crippen MR) is 93.1 cm³/mol. The fraction of sp³-hybridized carbons (Fsp3) is 0.882. The maximum absolute atomic E-state index is 11.0. The lowest BCUT2D eigenvalue weighted by Crippen LogP contribution is -2.42. The first kappa shape index (κ1) is 20.7. The van der Waals surface area contributed by atoms with Crippen LogP contribution in [0.4, 0.5) is 0 Å². The molecule has 0 aliphatic heterocycles. The predicted octanol–water partition coefficient (Wildman–Crippen LogP) is 3.10. The van der Waals surface area contributed by atoms with Gasteiger partial charge in [-0.3, -0.25) is 9.79 Å². The van der Waals surface area contributed by atoms with Crippen molar-refractivity contribution in [3.05, 3.63) is 0 Å². The van der Waals surface area contributed by atoms with E-state index in [9.17, 15) is 4.79 Å². The summed E-state index contributed by atoms with van der Waals surface area (Å²) in [6, 6.07) is 0.423. The van der Waals surface area contributed by atoms with Crippen LogP contribution in [-0.4, -0.2) is 38.2 Å². The Bertz CT molecular complexity index is 317. The van der Waals surface area contributed by atoms with Gasteiger partial charge in [0, 0.05) is 25.6 Å². The third-order valence-electron chi connectivity index (χ3n) is 3.43. The molecule has 0 aromatic rings. The molecular weight excluding hydrogens is 278 g/mol. The molecule has 22 heavy (non-hydrogen) atoms. The van der Waals surface area contributed by atoms with Crippen LogP contribution in [0.5, 0.6) is 0 Å². The summed E-state index contributed by atoms with van der Waals surface area (Å²) >= 11 is 0. The smallest absolute Gasteiger partial charge is 0.305 e. The third-order valence-corrected chi connectivity index (χ3v) is 3.43. The highest BCUT2D eigenvalue weighted by Gasteiger charge is 2.05. The van der Waals surface area contributed by atoms with Crippen molar-refractivity contribution in [1.29, 1.82) is 0 Å². The standard InChI is InChI=1S/C17H35N3O2/c1-6-18-17(19-13-8-7-12-16(21)22-5)20-15(4)11-9-10-14(2)3/h14-15H,6-13H2,1-5H3,(H2,18,19,20). The van der Waals surface area contributed by atoms with Gasteiger partial charge in [0.05, 0.1) is 7.11 Å². The van der Waals surface area contributed by atoms with Crippen molar-refractivity contribution in [3.8, 4) is 0 Å². The number of methoxy groups -OCH3 is 1. The third kappa shape index (κ3) is 12.5. The molecular formula is C17H35N3O2. The molecule has 130 valence electrons. The zero-order valence-electron chi connectivity index (χ0n) is 15.1. The summed E-state index contributed by atoms with van der Waals surface area (Å²) in [6.45, 7) is 10.4. The van der Waals surface area contributed by atoms with E-state index in [0.29, 0.717) is 12.5 Å². The molecule has 0 aromatic heterocycles. The van der Waals surface area contributed by atoms with Crippen molar-refractivity contribution in [2.45, 2.75) is 72.3 Å². The Balaban J connectivity index is 4.01. The molecule has 0 aliphatic carbocycles. The first-order chi connectivity index (χ1) is 10.5. The van der Waals surface area contributed by atoms with Crippen molar-refractivity contribution in [2.75, 3.05) is 20.2 Å². The van der Waals surface area contributed by atoms with E-state index >= 15 is 0 Å². The van der Waals surface area contributed by atoms with Crippen molar-refractivity contribution in [2.24, 2.45) is 10.9 Å². The Labute approximate surface area is 136 Å². The first-order valence-corrected chi connectivity index (χ1v) is 8.61. The fourth-order valence-electron chi connectivity index (χ4n) is 2.13. The van der Waals surface area contributed by atoms with E-state index in [-0.39, 0.29) is 5.97 Å². The van der Waals surface area contributed by atoms with E-state index < -0.39 is 0 Å². The highest BCUT2D eigenvalue weighted by molar-refractivity contribution is 5.80. The van der Waals surface area contributed by atoms with Gasteiger partial charge >= 0.3 is 5.97 Å². The fourth-order valence-corrected chi connectivity index (χ4v) is 2.13. The van der Waals surface area contributed by atoms with Crippen LogP contribution in [0, 0.1) is 5.92 Å². The highest BCUT2D eigenvalue weighted by Crippen LogP contribution is 2.08. The molecule has 0 aliphatic rings. The summed E-state index contributed by atoms with van der Waals surface area (Å²) in [6.07, 6.45) is 5.86. The van der Waals surface area contributed by atoms with Gasteiger partial charge in [0.2, 0.25) is 0 Å². The van der Waals surface area contributed by atoms with E-state index in [1.54, 1.807) is 0 Å². The Morgan fingerprint density at radius 3 is 2.45 bits per heavy atom. The van der Waals surface area contributed by atoms with Crippen LogP contribution in [0.1, 0.15) is 66.2 Å². The number of ether oxygens (including phenoxy) is 1. The van der Waals surface area contributed by atoms with E-state index in [0.717, 1.165) is 44.2 Å². The van der Waals surface area contributed by atoms with Crippen molar-refractivity contribution >= 4 is 11.9 Å². The van der Waals surface area contributed by atoms with Gasteiger partial charge in [0.15, 0.2) is 5.96 Å².